The van der Waals surface area contributed by atoms with E-state index in [9.17, 15) is 0 Å². The zero-order chi connectivity index (χ0) is 13.0. The maximum atomic E-state index is 6.06. The van der Waals surface area contributed by atoms with Crippen molar-refractivity contribution in [3.05, 3.63) is 41.7 Å². The highest BCUT2D eigenvalue weighted by Gasteiger charge is 2.11. The molecule has 0 bridgehead atoms. The highest BCUT2D eigenvalue weighted by molar-refractivity contribution is 5.39. The van der Waals surface area contributed by atoms with Crippen molar-refractivity contribution in [2.45, 2.75) is 12.5 Å². The lowest BCUT2D eigenvalue weighted by molar-refractivity contribution is 0.390. The van der Waals surface area contributed by atoms with E-state index in [0.717, 1.165) is 5.56 Å². The summed E-state index contributed by atoms with van der Waals surface area (Å²) in [7, 11) is 1.54. The first kappa shape index (κ1) is 12.3. The average Bonchev–Trinajstić information content (AvgIpc) is 2.41. The molecule has 0 fully saturated rings. The lowest BCUT2D eigenvalue weighted by Crippen LogP contribution is -2.16. The van der Waals surface area contributed by atoms with Crippen molar-refractivity contribution in [1.29, 1.82) is 0 Å². The topological polar surface area (TPSA) is 99.9 Å². The molecule has 4 N–H and O–H groups in total. The Morgan fingerprint density at radius 1 is 1.28 bits per heavy atom. The predicted molar refractivity (Wildman–Crippen MR) is 67.9 cm³/mol. The minimum absolute atomic E-state index is 0.269. The number of methoxy groups -OCH3 is 1. The fourth-order valence-corrected chi connectivity index (χ4v) is 1.60. The van der Waals surface area contributed by atoms with Gasteiger partial charge in [0.1, 0.15) is 5.82 Å². The maximum Gasteiger partial charge on any atom is 0.233 e. The SMILES string of the molecule is COc1ccc(C(N)Cc2cccnc2N)nn1. The van der Waals surface area contributed by atoms with Crippen LogP contribution in [-0.4, -0.2) is 22.3 Å². The van der Waals surface area contributed by atoms with E-state index in [1.165, 1.54) is 0 Å². The molecule has 2 heterocycles. The predicted octanol–water partition coefficient (Wildman–Crippen LogP) is 0.705. The van der Waals surface area contributed by atoms with E-state index in [0.29, 0.717) is 23.8 Å². The summed E-state index contributed by atoms with van der Waals surface area (Å²) < 4.78 is 4.94. The second kappa shape index (κ2) is 5.42. The van der Waals surface area contributed by atoms with Gasteiger partial charge in [0, 0.05) is 12.3 Å². The third-order valence-electron chi connectivity index (χ3n) is 2.62. The van der Waals surface area contributed by atoms with Gasteiger partial charge in [-0.15, -0.1) is 5.10 Å². The van der Waals surface area contributed by atoms with Gasteiger partial charge in [-0.2, -0.15) is 5.10 Å². The van der Waals surface area contributed by atoms with Gasteiger partial charge in [-0.3, -0.25) is 0 Å². The lowest BCUT2D eigenvalue weighted by Gasteiger charge is -2.11. The van der Waals surface area contributed by atoms with Crippen molar-refractivity contribution in [3.63, 3.8) is 0 Å². The molecule has 6 nitrogen and oxygen atoms in total. The molecule has 0 aliphatic heterocycles. The molecule has 2 aromatic rings. The van der Waals surface area contributed by atoms with Crippen molar-refractivity contribution in [3.8, 4) is 5.88 Å². The van der Waals surface area contributed by atoms with Crippen LogP contribution in [0.1, 0.15) is 17.3 Å². The molecule has 0 aromatic carbocycles. The summed E-state index contributed by atoms with van der Waals surface area (Å²) in [5, 5.41) is 7.90. The molecule has 0 aliphatic rings. The van der Waals surface area contributed by atoms with Gasteiger partial charge in [-0.25, -0.2) is 4.98 Å². The van der Waals surface area contributed by atoms with Crippen LogP contribution in [-0.2, 0) is 6.42 Å². The summed E-state index contributed by atoms with van der Waals surface area (Å²) in [6.07, 6.45) is 2.22. The van der Waals surface area contributed by atoms with E-state index in [1.54, 1.807) is 25.4 Å². The summed E-state index contributed by atoms with van der Waals surface area (Å²) in [5.41, 5.74) is 13.4. The van der Waals surface area contributed by atoms with Gasteiger partial charge in [0.25, 0.3) is 0 Å². The number of nitrogens with zero attached hydrogens (tertiary/aromatic N) is 3. The Kier molecular flexibility index (Phi) is 3.69. The largest absolute Gasteiger partial charge is 0.480 e. The average molecular weight is 245 g/mol. The van der Waals surface area contributed by atoms with Gasteiger partial charge in [-0.1, -0.05) is 6.07 Å². The Morgan fingerprint density at radius 2 is 2.11 bits per heavy atom. The first-order valence-electron chi connectivity index (χ1n) is 5.53. The number of hydrogen-bond donors (Lipinski definition) is 2. The highest BCUT2D eigenvalue weighted by atomic mass is 16.5. The van der Waals surface area contributed by atoms with Crippen LogP contribution in [0, 0.1) is 0 Å². The molecule has 2 rings (SSSR count). The Bertz CT molecular complexity index is 514. The van der Waals surface area contributed by atoms with Crippen LogP contribution in [0.4, 0.5) is 5.82 Å². The minimum Gasteiger partial charge on any atom is -0.480 e. The first-order valence-corrected chi connectivity index (χ1v) is 5.53. The third kappa shape index (κ3) is 2.72. The van der Waals surface area contributed by atoms with Crippen molar-refractivity contribution >= 4 is 5.82 Å². The fraction of sp³-hybridized carbons (Fsp3) is 0.250. The van der Waals surface area contributed by atoms with Gasteiger partial charge in [0.15, 0.2) is 0 Å². The van der Waals surface area contributed by atoms with Gasteiger partial charge < -0.3 is 16.2 Å². The molecule has 0 aliphatic carbocycles. The quantitative estimate of drug-likeness (QED) is 0.822. The van der Waals surface area contributed by atoms with Crippen LogP contribution in [0.25, 0.3) is 0 Å². The lowest BCUT2D eigenvalue weighted by atomic mass is 10.0. The van der Waals surface area contributed by atoms with E-state index < -0.39 is 0 Å². The molecular weight excluding hydrogens is 230 g/mol. The smallest absolute Gasteiger partial charge is 0.233 e. The number of aromatic nitrogens is 3. The molecule has 1 unspecified atom stereocenters. The molecule has 18 heavy (non-hydrogen) atoms. The number of rotatable bonds is 4. The maximum absolute atomic E-state index is 6.06. The van der Waals surface area contributed by atoms with Crippen LogP contribution in [0.5, 0.6) is 5.88 Å². The number of nitrogen functional groups attached to an aromatic ring is 1. The van der Waals surface area contributed by atoms with Gasteiger partial charge >= 0.3 is 0 Å². The summed E-state index contributed by atoms with van der Waals surface area (Å²) in [4.78, 5) is 4.02. The van der Waals surface area contributed by atoms with Crippen molar-refractivity contribution < 1.29 is 4.74 Å². The zero-order valence-electron chi connectivity index (χ0n) is 10.1. The van der Waals surface area contributed by atoms with E-state index in [1.807, 2.05) is 12.1 Å². The molecule has 0 amide bonds. The van der Waals surface area contributed by atoms with E-state index in [-0.39, 0.29) is 6.04 Å². The second-order valence-electron chi connectivity index (χ2n) is 3.86. The number of hydrogen-bond acceptors (Lipinski definition) is 6. The van der Waals surface area contributed by atoms with Crippen LogP contribution in [0.2, 0.25) is 0 Å². The minimum atomic E-state index is -0.269. The van der Waals surface area contributed by atoms with Crippen LogP contribution < -0.4 is 16.2 Å². The summed E-state index contributed by atoms with van der Waals surface area (Å²) in [5.74, 6) is 0.960. The molecule has 0 radical (unpaired) electrons. The number of nitrogens with two attached hydrogens (primary N) is 2. The van der Waals surface area contributed by atoms with Gasteiger partial charge in [0.2, 0.25) is 5.88 Å². The molecule has 6 heteroatoms. The summed E-state index contributed by atoms with van der Waals surface area (Å²) >= 11 is 0. The number of pyridine rings is 1. The van der Waals surface area contributed by atoms with E-state index in [2.05, 4.69) is 15.2 Å². The summed E-state index contributed by atoms with van der Waals surface area (Å²) in [6.45, 7) is 0. The molecule has 94 valence electrons. The molecular formula is C12H15N5O. The monoisotopic (exact) mass is 245 g/mol. The third-order valence-corrected chi connectivity index (χ3v) is 2.62. The Balaban J connectivity index is 2.11. The first-order chi connectivity index (χ1) is 8.70. The van der Waals surface area contributed by atoms with Crippen LogP contribution in [0.15, 0.2) is 30.5 Å². The zero-order valence-corrected chi connectivity index (χ0v) is 10.1. The number of anilines is 1. The molecule has 0 saturated heterocycles. The van der Waals surface area contributed by atoms with Crippen molar-refractivity contribution in [1.82, 2.24) is 15.2 Å². The Morgan fingerprint density at radius 3 is 2.72 bits per heavy atom. The Hall–Kier alpha value is -2.21. The molecule has 2 aromatic heterocycles. The fourth-order valence-electron chi connectivity index (χ4n) is 1.60. The van der Waals surface area contributed by atoms with Crippen molar-refractivity contribution in [2.24, 2.45) is 5.73 Å². The van der Waals surface area contributed by atoms with Gasteiger partial charge in [-0.05, 0) is 24.1 Å². The standard InChI is InChI=1S/C12H15N5O/c1-18-11-5-4-10(16-17-11)9(13)7-8-3-2-6-15-12(8)14/h2-6,9H,7,13H2,1H3,(H2,14,15). The van der Waals surface area contributed by atoms with Crippen LogP contribution in [0.3, 0.4) is 0 Å². The molecule has 0 spiro atoms. The summed E-state index contributed by atoms with van der Waals surface area (Å²) in [6, 6.07) is 6.99. The second-order valence-corrected chi connectivity index (χ2v) is 3.86. The highest BCUT2D eigenvalue weighted by Crippen LogP contribution is 2.17. The Labute approximate surface area is 105 Å². The van der Waals surface area contributed by atoms with E-state index >= 15 is 0 Å². The van der Waals surface area contributed by atoms with Crippen LogP contribution >= 0.6 is 0 Å². The molecule has 0 saturated carbocycles. The molecule has 1 atom stereocenters. The van der Waals surface area contributed by atoms with E-state index in [4.69, 9.17) is 16.2 Å². The van der Waals surface area contributed by atoms with Gasteiger partial charge in [0.05, 0.1) is 18.8 Å². The van der Waals surface area contributed by atoms with Crippen molar-refractivity contribution in [2.75, 3.05) is 12.8 Å². The number of ether oxygens (including phenoxy) is 1. The normalized spacial score (nSPS) is 12.1.